The molecule has 0 saturated heterocycles. The van der Waals surface area contributed by atoms with E-state index in [2.05, 4.69) is 5.10 Å². The van der Waals surface area contributed by atoms with E-state index in [9.17, 15) is 18.0 Å². The van der Waals surface area contributed by atoms with Crippen molar-refractivity contribution in [3.05, 3.63) is 17.5 Å². The van der Waals surface area contributed by atoms with Gasteiger partial charge in [-0.1, -0.05) is 6.92 Å². The highest BCUT2D eigenvalue weighted by atomic mass is 19.4. The molecule has 15 heavy (non-hydrogen) atoms. The topological polar surface area (TPSA) is 34.9 Å². The summed E-state index contributed by atoms with van der Waals surface area (Å²) in [6.45, 7) is 1.77. The number of hydrogen-bond acceptors (Lipinski definition) is 2. The Morgan fingerprint density at radius 2 is 2.13 bits per heavy atom. The molecule has 1 aromatic heterocycles. The zero-order valence-electron chi connectivity index (χ0n) is 8.43. The van der Waals surface area contributed by atoms with Crippen LogP contribution in [0.4, 0.5) is 13.2 Å². The first-order valence-electron chi connectivity index (χ1n) is 4.48. The summed E-state index contributed by atoms with van der Waals surface area (Å²) >= 11 is 0. The van der Waals surface area contributed by atoms with Gasteiger partial charge in [-0.2, -0.15) is 18.3 Å². The average Bonchev–Trinajstić information content (AvgIpc) is 2.44. The van der Waals surface area contributed by atoms with Crippen LogP contribution < -0.4 is 0 Å². The van der Waals surface area contributed by atoms with Gasteiger partial charge >= 0.3 is 6.18 Å². The quantitative estimate of drug-likeness (QED) is 0.732. The minimum atomic E-state index is -4.36. The normalized spacial score (nSPS) is 11.8. The molecular weight excluding hydrogens is 209 g/mol. The van der Waals surface area contributed by atoms with Gasteiger partial charge in [-0.05, 0) is 12.5 Å². The first-order valence-corrected chi connectivity index (χ1v) is 4.48. The maximum Gasteiger partial charge on any atom is 0.408 e. The average molecular weight is 220 g/mol. The summed E-state index contributed by atoms with van der Waals surface area (Å²) in [5.41, 5.74) is 0.494. The van der Waals surface area contributed by atoms with Crippen molar-refractivity contribution >= 4 is 5.78 Å². The van der Waals surface area contributed by atoms with Crippen LogP contribution in [0.2, 0.25) is 0 Å². The van der Waals surface area contributed by atoms with Gasteiger partial charge in [0, 0.05) is 6.92 Å². The van der Waals surface area contributed by atoms with Crippen LogP contribution in [0.25, 0.3) is 0 Å². The predicted molar refractivity (Wildman–Crippen MR) is 47.7 cm³/mol. The van der Waals surface area contributed by atoms with Crippen molar-refractivity contribution in [3.63, 3.8) is 0 Å². The third-order valence-corrected chi connectivity index (χ3v) is 1.88. The van der Waals surface area contributed by atoms with E-state index in [1.54, 1.807) is 6.92 Å². The third kappa shape index (κ3) is 3.07. The van der Waals surface area contributed by atoms with Crippen molar-refractivity contribution in [2.45, 2.75) is 33.0 Å². The van der Waals surface area contributed by atoms with Gasteiger partial charge in [0.2, 0.25) is 0 Å². The Morgan fingerprint density at radius 1 is 1.53 bits per heavy atom. The molecule has 0 spiro atoms. The van der Waals surface area contributed by atoms with Crippen LogP contribution in [0.1, 0.15) is 30.0 Å². The van der Waals surface area contributed by atoms with Gasteiger partial charge in [0.15, 0.2) is 5.78 Å². The van der Waals surface area contributed by atoms with Crippen LogP contribution in [0.3, 0.4) is 0 Å². The van der Waals surface area contributed by atoms with E-state index in [1.165, 1.54) is 13.0 Å². The fourth-order valence-electron chi connectivity index (χ4n) is 1.22. The Labute approximate surface area is 84.9 Å². The molecule has 1 heterocycles. The van der Waals surface area contributed by atoms with Gasteiger partial charge in [-0.15, -0.1) is 0 Å². The lowest BCUT2D eigenvalue weighted by molar-refractivity contribution is -0.142. The first-order chi connectivity index (χ1) is 6.83. The van der Waals surface area contributed by atoms with Gasteiger partial charge in [0.1, 0.15) is 12.2 Å². The van der Waals surface area contributed by atoms with Gasteiger partial charge < -0.3 is 0 Å². The highest BCUT2D eigenvalue weighted by Gasteiger charge is 2.30. The molecule has 6 heteroatoms. The van der Waals surface area contributed by atoms with Crippen molar-refractivity contribution in [2.75, 3.05) is 0 Å². The van der Waals surface area contributed by atoms with E-state index >= 15 is 0 Å². The van der Waals surface area contributed by atoms with E-state index in [0.29, 0.717) is 16.8 Å². The summed E-state index contributed by atoms with van der Waals surface area (Å²) in [5, 5.41) is 3.71. The van der Waals surface area contributed by atoms with E-state index in [1.807, 2.05) is 0 Å². The van der Waals surface area contributed by atoms with E-state index in [0.717, 1.165) is 0 Å². The molecule has 0 aliphatic carbocycles. The highest BCUT2D eigenvalue weighted by molar-refractivity contribution is 5.92. The second-order valence-electron chi connectivity index (χ2n) is 3.20. The van der Waals surface area contributed by atoms with Gasteiger partial charge in [0.05, 0.1) is 5.69 Å². The molecular formula is C9H11F3N2O. The van der Waals surface area contributed by atoms with Gasteiger partial charge in [0.25, 0.3) is 0 Å². The second-order valence-corrected chi connectivity index (χ2v) is 3.20. The maximum atomic E-state index is 12.1. The number of Topliss-reactive ketones (excluding diaryl/α,β-unsaturated/α-hetero) is 1. The molecule has 1 rings (SSSR count). The number of carbonyl (C=O) groups excluding carboxylic acids is 1. The Bertz CT molecular complexity index is 368. The minimum Gasteiger partial charge on any atom is -0.293 e. The van der Waals surface area contributed by atoms with Crippen molar-refractivity contribution in [1.29, 1.82) is 0 Å². The number of halogens is 3. The van der Waals surface area contributed by atoms with Gasteiger partial charge in [-0.25, -0.2) is 0 Å². The molecule has 0 bridgehead atoms. The standard InChI is InChI=1S/C9H11F3N2O/c1-3-7-4-8(6(2)15)14(13-7)5-9(10,11)12/h4H,3,5H2,1-2H3. The summed E-state index contributed by atoms with van der Waals surface area (Å²) in [4.78, 5) is 11.1. The minimum absolute atomic E-state index is 0.00387. The molecule has 0 aromatic carbocycles. The van der Waals surface area contributed by atoms with Crippen LogP contribution in [0.15, 0.2) is 6.07 Å². The third-order valence-electron chi connectivity index (χ3n) is 1.88. The lowest BCUT2D eigenvalue weighted by Gasteiger charge is -2.08. The summed E-state index contributed by atoms with van der Waals surface area (Å²) in [6, 6.07) is 1.40. The van der Waals surface area contributed by atoms with Crippen LogP contribution in [-0.4, -0.2) is 21.7 Å². The number of nitrogens with zero attached hydrogens (tertiary/aromatic N) is 2. The molecule has 1 aromatic rings. The number of alkyl halides is 3. The SMILES string of the molecule is CCc1cc(C(C)=O)n(CC(F)(F)F)n1. The second kappa shape index (κ2) is 4.04. The van der Waals surface area contributed by atoms with Crippen LogP contribution in [0.5, 0.6) is 0 Å². The molecule has 0 unspecified atom stereocenters. The van der Waals surface area contributed by atoms with Gasteiger partial charge in [-0.3, -0.25) is 9.48 Å². The Balaban J connectivity index is 3.04. The number of hydrogen-bond donors (Lipinski definition) is 0. The summed E-state index contributed by atoms with van der Waals surface area (Å²) in [6.07, 6.45) is -3.85. The molecule has 0 saturated carbocycles. The predicted octanol–water partition coefficient (Wildman–Crippen LogP) is 2.21. The number of aromatic nitrogens is 2. The summed E-state index contributed by atoms with van der Waals surface area (Å²) in [7, 11) is 0. The number of aryl methyl sites for hydroxylation is 1. The molecule has 0 atom stereocenters. The van der Waals surface area contributed by atoms with Crippen LogP contribution >= 0.6 is 0 Å². The lowest BCUT2D eigenvalue weighted by Crippen LogP contribution is -2.21. The van der Waals surface area contributed by atoms with Crippen LogP contribution in [0, 0.1) is 0 Å². The lowest BCUT2D eigenvalue weighted by atomic mass is 10.2. The zero-order chi connectivity index (χ0) is 11.6. The molecule has 0 N–H and O–H groups in total. The van der Waals surface area contributed by atoms with E-state index in [-0.39, 0.29) is 5.69 Å². The largest absolute Gasteiger partial charge is 0.408 e. The molecule has 0 radical (unpaired) electrons. The van der Waals surface area contributed by atoms with Crippen molar-refractivity contribution in [3.8, 4) is 0 Å². The first kappa shape index (κ1) is 11.7. The fourth-order valence-corrected chi connectivity index (χ4v) is 1.22. The summed E-state index contributed by atoms with van der Waals surface area (Å²) in [5.74, 6) is -0.411. The smallest absolute Gasteiger partial charge is 0.293 e. The maximum absolute atomic E-state index is 12.1. The number of ketones is 1. The van der Waals surface area contributed by atoms with Crippen molar-refractivity contribution < 1.29 is 18.0 Å². The molecule has 0 amide bonds. The molecule has 0 aliphatic rings. The van der Waals surface area contributed by atoms with Crippen molar-refractivity contribution in [2.24, 2.45) is 0 Å². The van der Waals surface area contributed by atoms with Crippen molar-refractivity contribution in [1.82, 2.24) is 9.78 Å². The Kier molecular flexibility index (Phi) is 3.16. The summed E-state index contributed by atoms with van der Waals surface area (Å²) < 4.78 is 37.1. The highest BCUT2D eigenvalue weighted by Crippen LogP contribution is 2.19. The zero-order valence-corrected chi connectivity index (χ0v) is 8.43. The number of carbonyl (C=O) groups is 1. The molecule has 84 valence electrons. The van der Waals surface area contributed by atoms with Crippen LogP contribution in [-0.2, 0) is 13.0 Å². The Morgan fingerprint density at radius 3 is 2.53 bits per heavy atom. The molecule has 0 aliphatic heterocycles. The molecule has 0 fully saturated rings. The van der Waals surface area contributed by atoms with E-state index < -0.39 is 18.5 Å². The number of rotatable bonds is 3. The molecule has 3 nitrogen and oxygen atoms in total. The Hall–Kier alpha value is -1.33. The monoisotopic (exact) mass is 220 g/mol. The fraction of sp³-hybridized carbons (Fsp3) is 0.556. The van der Waals surface area contributed by atoms with E-state index in [4.69, 9.17) is 0 Å².